The molecule has 33 heavy (non-hydrogen) atoms. The van der Waals surface area contributed by atoms with Crippen LogP contribution >= 0.6 is 0 Å². The Labute approximate surface area is 191 Å². The van der Waals surface area contributed by atoms with Crippen molar-refractivity contribution in [2.45, 2.75) is 26.8 Å². The normalized spacial score (nSPS) is 16.6. The fourth-order valence-corrected chi connectivity index (χ4v) is 4.19. The molecule has 0 saturated carbocycles. The lowest BCUT2D eigenvalue weighted by atomic mass is 10.00. The van der Waals surface area contributed by atoms with E-state index in [1.165, 1.54) is 23.1 Å². The summed E-state index contributed by atoms with van der Waals surface area (Å²) in [6, 6.07) is 8.14. The fourth-order valence-electron chi connectivity index (χ4n) is 4.19. The molecule has 170 valence electrons. The summed E-state index contributed by atoms with van der Waals surface area (Å²) in [5, 5.41) is 23.9. The molecule has 3 heterocycles. The van der Waals surface area contributed by atoms with Gasteiger partial charge in [-0.15, -0.1) is 0 Å². The zero-order valence-corrected chi connectivity index (χ0v) is 18.8. The fraction of sp³-hybridized carbons (Fsp3) is 0.333. The van der Waals surface area contributed by atoms with Crippen LogP contribution in [0.3, 0.4) is 0 Å². The van der Waals surface area contributed by atoms with E-state index < -0.39 is 5.82 Å². The topological polar surface area (TPSA) is 98.3 Å². The molecule has 1 aliphatic heterocycles. The van der Waals surface area contributed by atoms with E-state index in [1.54, 1.807) is 31.2 Å². The molecule has 1 aromatic carbocycles. The van der Waals surface area contributed by atoms with Crippen molar-refractivity contribution in [2.24, 2.45) is 0 Å². The van der Waals surface area contributed by atoms with Crippen LogP contribution in [0.2, 0.25) is 0 Å². The highest BCUT2D eigenvalue weighted by Gasteiger charge is 2.27. The summed E-state index contributed by atoms with van der Waals surface area (Å²) in [6.07, 6.45) is 2.89. The maximum absolute atomic E-state index is 14.4. The highest BCUT2D eigenvalue weighted by Crippen LogP contribution is 2.34. The Bertz CT molecular complexity index is 1230. The molecular formula is C24H25FN6O2. The summed E-state index contributed by atoms with van der Waals surface area (Å²) < 4.78 is 15.6. The molecule has 0 unspecified atom stereocenters. The maximum atomic E-state index is 14.4. The van der Waals surface area contributed by atoms with Crippen LogP contribution in [0.25, 0.3) is 16.9 Å². The summed E-state index contributed by atoms with van der Waals surface area (Å²) in [5.41, 5.74) is 1.40. The number of piperazine rings is 1. The molecule has 0 bridgehead atoms. The third-order valence-electron chi connectivity index (χ3n) is 6.17. The van der Waals surface area contributed by atoms with Gasteiger partial charge >= 0.3 is 0 Å². The molecule has 1 saturated heterocycles. The monoisotopic (exact) mass is 448 g/mol. The van der Waals surface area contributed by atoms with E-state index >= 15 is 0 Å². The summed E-state index contributed by atoms with van der Waals surface area (Å²) in [6.45, 7) is 9.01. The summed E-state index contributed by atoms with van der Waals surface area (Å²) in [7, 11) is 0. The van der Waals surface area contributed by atoms with Crippen molar-refractivity contribution in [2.75, 3.05) is 26.2 Å². The van der Waals surface area contributed by atoms with Crippen molar-refractivity contribution in [3.63, 3.8) is 0 Å². The van der Waals surface area contributed by atoms with Crippen LogP contribution in [0.5, 0.6) is 5.88 Å². The largest absolute Gasteiger partial charge is 0.493 e. The maximum Gasteiger partial charge on any atom is 0.255 e. The van der Waals surface area contributed by atoms with E-state index in [1.807, 2.05) is 11.8 Å². The van der Waals surface area contributed by atoms with Crippen LogP contribution in [-0.4, -0.2) is 67.8 Å². The molecule has 4 rings (SSSR count). The van der Waals surface area contributed by atoms with Gasteiger partial charge in [-0.05, 0) is 49.7 Å². The van der Waals surface area contributed by atoms with Gasteiger partial charge in [0, 0.05) is 31.9 Å². The van der Waals surface area contributed by atoms with Gasteiger partial charge in [0.25, 0.3) is 5.91 Å². The Morgan fingerprint density at radius 2 is 2.03 bits per heavy atom. The lowest BCUT2D eigenvalue weighted by molar-refractivity contribution is 0.0499. The van der Waals surface area contributed by atoms with Crippen LogP contribution in [0.4, 0.5) is 4.39 Å². The van der Waals surface area contributed by atoms with Gasteiger partial charge < -0.3 is 10.0 Å². The number of amides is 1. The van der Waals surface area contributed by atoms with E-state index in [-0.39, 0.29) is 29.0 Å². The molecule has 1 N–H and O–H groups in total. The first-order chi connectivity index (χ1) is 15.8. The minimum atomic E-state index is -0.628. The Morgan fingerprint density at radius 1 is 1.24 bits per heavy atom. The smallest absolute Gasteiger partial charge is 0.255 e. The molecule has 1 atom stereocenters. The quantitative estimate of drug-likeness (QED) is 0.659. The number of pyridine rings is 1. The predicted octanol–water partition coefficient (Wildman–Crippen LogP) is 3.13. The number of hydrogen-bond donors (Lipinski definition) is 1. The van der Waals surface area contributed by atoms with Crippen molar-refractivity contribution in [1.29, 1.82) is 5.26 Å². The number of aromatic nitrogens is 3. The molecule has 0 aliphatic carbocycles. The van der Waals surface area contributed by atoms with Crippen LogP contribution in [-0.2, 0) is 0 Å². The van der Waals surface area contributed by atoms with Gasteiger partial charge in [0.2, 0.25) is 5.88 Å². The minimum absolute atomic E-state index is 0.0597. The molecule has 0 spiro atoms. The number of nitrogens with zero attached hydrogens (tertiary/aromatic N) is 6. The average Bonchev–Trinajstić information content (AvgIpc) is 3.21. The van der Waals surface area contributed by atoms with E-state index in [4.69, 9.17) is 5.26 Å². The first kappa shape index (κ1) is 22.4. The van der Waals surface area contributed by atoms with Crippen molar-refractivity contribution in [3.05, 3.63) is 59.2 Å². The van der Waals surface area contributed by atoms with Crippen LogP contribution in [0.15, 0.2) is 36.7 Å². The molecular weight excluding hydrogens is 423 g/mol. The second-order valence-corrected chi connectivity index (χ2v) is 8.15. The Morgan fingerprint density at radius 3 is 2.67 bits per heavy atom. The van der Waals surface area contributed by atoms with E-state index in [0.29, 0.717) is 29.1 Å². The summed E-state index contributed by atoms with van der Waals surface area (Å²) in [4.78, 5) is 21.5. The molecule has 1 amide bonds. The van der Waals surface area contributed by atoms with Gasteiger partial charge in [-0.3, -0.25) is 9.69 Å². The Kier molecular flexibility index (Phi) is 6.11. The number of halogens is 1. The second kappa shape index (κ2) is 9.00. The van der Waals surface area contributed by atoms with Crippen LogP contribution in [0.1, 0.15) is 35.3 Å². The number of carbonyl (C=O) groups excluding carboxylic acids is 1. The molecule has 0 radical (unpaired) electrons. The molecule has 3 aromatic rings. The van der Waals surface area contributed by atoms with Gasteiger partial charge in [-0.25, -0.2) is 9.37 Å². The minimum Gasteiger partial charge on any atom is -0.493 e. The van der Waals surface area contributed by atoms with Gasteiger partial charge in [-0.2, -0.15) is 15.0 Å². The van der Waals surface area contributed by atoms with Gasteiger partial charge in [0.05, 0.1) is 22.9 Å². The first-order valence-electron chi connectivity index (χ1n) is 10.8. The van der Waals surface area contributed by atoms with Gasteiger partial charge in [-0.1, -0.05) is 13.0 Å². The summed E-state index contributed by atoms with van der Waals surface area (Å²) >= 11 is 0. The molecule has 2 aromatic heterocycles. The van der Waals surface area contributed by atoms with Crippen LogP contribution < -0.4 is 0 Å². The van der Waals surface area contributed by atoms with Gasteiger partial charge in [0.15, 0.2) is 5.82 Å². The third-order valence-corrected chi connectivity index (χ3v) is 6.17. The predicted molar refractivity (Wildman–Crippen MR) is 120 cm³/mol. The summed E-state index contributed by atoms with van der Waals surface area (Å²) in [5.74, 6) is -0.590. The Balaban J connectivity index is 1.57. The van der Waals surface area contributed by atoms with E-state index in [9.17, 15) is 14.3 Å². The SMILES string of the molecule is CCN1CCN(C(=O)c2ccc(-n3ncc(-c4ccc(C#N)c(F)c4C)c3O)nc2)[C@H](C)C1. The van der Waals surface area contributed by atoms with E-state index in [2.05, 4.69) is 21.9 Å². The van der Waals surface area contributed by atoms with Gasteiger partial charge in [0.1, 0.15) is 11.9 Å². The molecule has 1 aliphatic rings. The molecule has 1 fully saturated rings. The molecule has 9 heteroatoms. The zero-order valence-electron chi connectivity index (χ0n) is 18.8. The first-order valence-corrected chi connectivity index (χ1v) is 10.8. The number of nitriles is 1. The van der Waals surface area contributed by atoms with Crippen molar-refractivity contribution in [1.82, 2.24) is 24.6 Å². The van der Waals surface area contributed by atoms with Crippen molar-refractivity contribution in [3.8, 4) is 28.9 Å². The number of aromatic hydroxyl groups is 1. The number of rotatable bonds is 4. The van der Waals surface area contributed by atoms with Crippen LogP contribution in [0, 0.1) is 24.1 Å². The number of benzene rings is 1. The van der Waals surface area contributed by atoms with Crippen molar-refractivity contribution < 1.29 is 14.3 Å². The number of likely N-dealkylation sites (N-methyl/N-ethyl adjacent to an activating group) is 1. The molecule has 8 nitrogen and oxygen atoms in total. The standard InChI is InChI=1S/C24H25FN6O2/c1-4-29-9-10-30(15(2)14-29)23(32)18-6-8-21(27-12-18)31-24(33)20(13-28-31)19-7-5-17(11-26)22(25)16(19)3/h5-8,12-13,15,33H,4,9-10,14H2,1-3H3/t15-/m1/s1. The lowest BCUT2D eigenvalue weighted by Gasteiger charge is -2.39. The Hall–Kier alpha value is -3.77. The highest BCUT2D eigenvalue weighted by molar-refractivity contribution is 5.94. The zero-order chi connectivity index (χ0) is 23.7. The third kappa shape index (κ3) is 4.05. The van der Waals surface area contributed by atoms with Crippen molar-refractivity contribution >= 4 is 5.91 Å². The number of carbonyl (C=O) groups is 1. The highest BCUT2D eigenvalue weighted by atomic mass is 19.1. The average molecular weight is 449 g/mol. The van der Waals surface area contributed by atoms with E-state index in [0.717, 1.165) is 19.6 Å². The lowest BCUT2D eigenvalue weighted by Crippen LogP contribution is -2.53. The number of hydrogen-bond acceptors (Lipinski definition) is 6. The second-order valence-electron chi connectivity index (χ2n) is 8.15.